The van der Waals surface area contributed by atoms with Crippen molar-refractivity contribution in [2.45, 2.75) is 0 Å². The molecule has 0 atom stereocenters. The van der Waals surface area contributed by atoms with Crippen LogP contribution in [0.3, 0.4) is 0 Å². The molecule has 0 aliphatic heterocycles. The standard InChI is InChI=1S/Gd.HO3Si.O/c;1-4(2)3;/h;1H;/q+3;-1;-2. The predicted molar refractivity (Wildman–Crippen MR) is 9.35 cm³/mol. The molecule has 6 heavy (non-hydrogen) atoms. The topological polar surface area (TPSA) is 88.9 Å². The number of rotatable bonds is 0. The third-order valence-corrected chi connectivity index (χ3v) is 0. The third-order valence-electron chi connectivity index (χ3n) is 0. The van der Waals surface area contributed by atoms with Gasteiger partial charge in [0.15, 0.2) is 0 Å². The Labute approximate surface area is 68.1 Å². The van der Waals surface area contributed by atoms with Gasteiger partial charge in [-0.15, -0.1) is 0 Å². The van der Waals surface area contributed by atoms with Crippen LogP contribution in [-0.4, -0.2) is 14.0 Å². The molecule has 0 rings (SSSR count). The molecule has 0 saturated heterocycles. The molecule has 0 amide bonds. The summed E-state index contributed by atoms with van der Waals surface area (Å²) in [6.45, 7) is 0. The molecule has 4 nitrogen and oxygen atoms in total. The first-order chi connectivity index (χ1) is 1.73. The maximum atomic E-state index is 8.63. The Balaban J connectivity index is -0.0000000450. The van der Waals surface area contributed by atoms with Crippen LogP contribution < -0.4 is 4.80 Å². The van der Waals surface area contributed by atoms with Crippen molar-refractivity contribution < 1.29 is 59.5 Å². The van der Waals surface area contributed by atoms with Crippen LogP contribution in [0.2, 0.25) is 0 Å². The predicted octanol–water partition coefficient (Wildman–Crippen LogP) is -2.36. The molecule has 0 aliphatic carbocycles. The van der Waals surface area contributed by atoms with Crippen molar-refractivity contribution in [1.29, 1.82) is 0 Å². The maximum Gasteiger partial charge on any atom is 3.00 e. The van der Waals surface area contributed by atoms with Crippen LogP contribution in [0.15, 0.2) is 0 Å². The van der Waals surface area contributed by atoms with Crippen LogP contribution in [0.4, 0.5) is 0 Å². The summed E-state index contributed by atoms with van der Waals surface area (Å²) in [5.41, 5.74) is 0. The molecule has 0 saturated carbocycles. The molecule has 6 heteroatoms. The van der Waals surface area contributed by atoms with E-state index in [0.29, 0.717) is 0 Å². The zero-order valence-corrected chi connectivity index (χ0v) is 5.79. The number of hydrogen-bond acceptors (Lipinski definition) is 2. The van der Waals surface area contributed by atoms with E-state index in [9.17, 15) is 0 Å². The van der Waals surface area contributed by atoms with E-state index in [2.05, 4.69) is 0 Å². The van der Waals surface area contributed by atoms with E-state index >= 15 is 0 Å². The van der Waals surface area contributed by atoms with Crippen LogP contribution >= 0.6 is 0 Å². The van der Waals surface area contributed by atoms with Crippen LogP contribution in [0, 0.1) is 39.9 Å². The van der Waals surface area contributed by atoms with Crippen LogP contribution in [0.5, 0.6) is 0 Å². The Morgan fingerprint density at radius 1 is 1.67 bits per heavy atom. The third kappa shape index (κ3) is 91.8. The van der Waals surface area contributed by atoms with E-state index in [0.717, 1.165) is 0 Å². The molecular formula is HGdO4Si. The average molecular weight is 250 g/mol. The van der Waals surface area contributed by atoms with Crippen molar-refractivity contribution in [1.82, 2.24) is 0 Å². The first kappa shape index (κ1) is 15.8. The summed E-state index contributed by atoms with van der Waals surface area (Å²) in [6, 6.07) is 0. The van der Waals surface area contributed by atoms with Gasteiger partial charge in [-0.3, -0.25) is 0 Å². The summed E-state index contributed by atoms with van der Waals surface area (Å²) in [6.07, 6.45) is 0. The van der Waals surface area contributed by atoms with Crippen LogP contribution in [0.25, 0.3) is 0 Å². The van der Waals surface area contributed by atoms with Gasteiger partial charge in [-0.25, -0.2) is 0 Å². The van der Waals surface area contributed by atoms with E-state index in [1.165, 1.54) is 0 Å². The minimum Gasteiger partial charge on any atom is -2.00 e. The molecule has 1 radical (unpaired) electrons. The summed E-state index contributed by atoms with van der Waals surface area (Å²) in [4.78, 5) is 15.7. The molecule has 1 N–H and O–H groups in total. The normalized spacial score (nSPS) is 4.00. The first-order valence-corrected chi connectivity index (χ1v) is 1.90. The molecule has 0 aromatic heterocycles. The summed E-state index contributed by atoms with van der Waals surface area (Å²) < 4.78 is 8.63. The SMILES string of the molecule is O=[Si]([O-])O.[Gd+3].[O-2]. The first-order valence-electron chi connectivity index (χ1n) is 0.632. The quantitative estimate of drug-likeness (QED) is 0.488. The van der Waals surface area contributed by atoms with E-state index in [1.807, 2.05) is 0 Å². The molecule has 0 aromatic rings. The smallest absolute Gasteiger partial charge is 2.00 e. The van der Waals surface area contributed by atoms with Gasteiger partial charge in [0.1, 0.15) is 0 Å². The van der Waals surface area contributed by atoms with Crippen molar-refractivity contribution in [2.75, 3.05) is 0 Å². The number of hydrogen-bond donors (Lipinski definition) is 1. The Bertz CT molecular complexity index is 30.5. The molecule has 0 unspecified atom stereocenters. The van der Waals surface area contributed by atoms with Crippen molar-refractivity contribution in [3.63, 3.8) is 0 Å². The molecule has 0 aliphatic rings. The average Bonchev–Trinajstić information content (AvgIpc) is 0.811. The molecule has 37 valence electrons. The van der Waals surface area contributed by atoms with Crippen molar-refractivity contribution in [3.05, 3.63) is 0 Å². The largest absolute Gasteiger partial charge is 3.00 e. The summed E-state index contributed by atoms with van der Waals surface area (Å²) in [5.74, 6) is 0. The molecule has 0 heterocycles. The van der Waals surface area contributed by atoms with Gasteiger partial charge in [-0.05, 0) is 0 Å². The van der Waals surface area contributed by atoms with E-state index in [4.69, 9.17) is 14.1 Å². The summed E-state index contributed by atoms with van der Waals surface area (Å²) in [5, 5.41) is 0. The molecule has 0 spiro atoms. The monoisotopic (exact) mass is 251 g/mol. The molecular weight excluding hydrogens is 249 g/mol. The van der Waals surface area contributed by atoms with Gasteiger partial charge in [0.25, 0.3) is 0 Å². The molecule has 0 aromatic carbocycles. The zero-order chi connectivity index (χ0) is 3.58. The van der Waals surface area contributed by atoms with Crippen LogP contribution in [0.1, 0.15) is 0 Å². The Hall–Kier alpha value is 0.902. The fourth-order valence-electron chi connectivity index (χ4n) is 0. The molecule has 0 fully saturated rings. The fraction of sp³-hybridized carbons (Fsp3) is 0. The minimum atomic E-state index is -3.38. The van der Waals surface area contributed by atoms with Crippen molar-refractivity contribution in [3.8, 4) is 0 Å². The van der Waals surface area contributed by atoms with E-state index in [1.54, 1.807) is 0 Å². The van der Waals surface area contributed by atoms with Gasteiger partial charge in [-0.2, -0.15) is 0 Å². The van der Waals surface area contributed by atoms with Crippen molar-refractivity contribution >= 4 is 9.17 Å². The minimum absolute atomic E-state index is 0. The van der Waals surface area contributed by atoms with Gasteiger partial charge in [0.05, 0.1) is 0 Å². The van der Waals surface area contributed by atoms with Gasteiger partial charge in [-0.1, -0.05) is 0 Å². The van der Waals surface area contributed by atoms with Gasteiger partial charge >= 0.3 is 49.1 Å². The van der Waals surface area contributed by atoms with E-state index < -0.39 is 9.17 Å². The van der Waals surface area contributed by atoms with Gasteiger partial charge in [0.2, 0.25) is 0 Å². The zero-order valence-electron chi connectivity index (χ0n) is 2.53. The Morgan fingerprint density at radius 3 is 1.67 bits per heavy atom. The van der Waals surface area contributed by atoms with Crippen LogP contribution in [-0.2, 0) is 9.94 Å². The Kier molecular flexibility index (Phi) is 24.5. The Morgan fingerprint density at radius 2 is 1.67 bits per heavy atom. The van der Waals surface area contributed by atoms with Crippen molar-refractivity contribution in [2.24, 2.45) is 0 Å². The summed E-state index contributed by atoms with van der Waals surface area (Å²) >= 11 is 0. The second-order valence-corrected chi connectivity index (χ2v) is 0.798. The van der Waals surface area contributed by atoms with Gasteiger partial charge < -0.3 is 19.5 Å². The maximum absolute atomic E-state index is 8.63. The second-order valence-electron chi connectivity index (χ2n) is 0.266. The van der Waals surface area contributed by atoms with Gasteiger partial charge in [0, 0.05) is 0 Å². The fourth-order valence-corrected chi connectivity index (χ4v) is 0. The summed E-state index contributed by atoms with van der Waals surface area (Å²) in [7, 11) is -3.38. The molecule has 0 bridgehead atoms. The second kappa shape index (κ2) is 9.31. The van der Waals surface area contributed by atoms with E-state index in [-0.39, 0.29) is 45.4 Å².